The van der Waals surface area contributed by atoms with Crippen LogP contribution in [0.5, 0.6) is 0 Å². The van der Waals surface area contributed by atoms with Crippen molar-refractivity contribution < 1.29 is 9.90 Å². The van der Waals surface area contributed by atoms with Gasteiger partial charge in [-0.05, 0) is 12.5 Å². The van der Waals surface area contributed by atoms with Gasteiger partial charge in [0.05, 0.1) is 27.1 Å². The van der Waals surface area contributed by atoms with Crippen molar-refractivity contribution in [3.63, 3.8) is 0 Å². The van der Waals surface area contributed by atoms with E-state index in [1.807, 2.05) is 12.5 Å². The summed E-state index contributed by atoms with van der Waals surface area (Å²) in [5, 5.41) is 26.8. The van der Waals surface area contributed by atoms with Gasteiger partial charge in [0.2, 0.25) is 0 Å². The van der Waals surface area contributed by atoms with Crippen molar-refractivity contribution in [2.45, 2.75) is 12.8 Å². The molecule has 2 unspecified atom stereocenters. The number of nitrogens with zero attached hydrogens (tertiary/aromatic N) is 4. The summed E-state index contributed by atoms with van der Waals surface area (Å²) in [5.41, 5.74) is 3.60. The van der Waals surface area contributed by atoms with Crippen molar-refractivity contribution >= 4 is 48.9 Å². The van der Waals surface area contributed by atoms with Crippen LogP contribution in [0, 0.1) is 5.92 Å². The molecule has 18 heavy (non-hydrogen) atoms. The number of carboxylic acid groups (broad SMARTS) is 1. The molecule has 0 saturated carbocycles. The van der Waals surface area contributed by atoms with Crippen LogP contribution in [0.1, 0.15) is 12.8 Å². The Bertz CT molecular complexity index is 436. The second-order valence-electron chi connectivity index (χ2n) is 4.16. The smallest absolute Gasteiger partial charge is 0.307 e. The molecule has 2 rings (SSSR count). The Balaban J connectivity index is 1.99. The summed E-state index contributed by atoms with van der Waals surface area (Å²) in [7, 11) is -0.971. The van der Waals surface area contributed by atoms with Crippen molar-refractivity contribution in [1.29, 1.82) is 0 Å². The summed E-state index contributed by atoms with van der Waals surface area (Å²) in [6.07, 6.45) is 4.98. The highest BCUT2D eigenvalue weighted by atomic mass is 32.2. The third kappa shape index (κ3) is 2.99. The van der Waals surface area contributed by atoms with E-state index in [9.17, 15) is 9.90 Å². The molecule has 0 amide bonds. The van der Waals surface area contributed by atoms with E-state index >= 15 is 0 Å². The maximum Gasteiger partial charge on any atom is 0.307 e. The largest absolute Gasteiger partial charge is 0.481 e. The molecule has 0 bridgehead atoms. The Morgan fingerprint density at radius 3 is 1.89 bits per heavy atom. The third-order valence-corrected chi connectivity index (χ3v) is 5.89. The highest BCUT2D eigenvalue weighted by Gasteiger charge is 2.26. The van der Waals surface area contributed by atoms with Gasteiger partial charge < -0.3 is 5.11 Å². The Labute approximate surface area is 111 Å². The summed E-state index contributed by atoms with van der Waals surface area (Å²) >= 11 is 0. The predicted molar refractivity (Wildman–Crippen MR) is 82.0 cm³/mol. The van der Waals surface area contributed by atoms with Crippen LogP contribution in [0.3, 0.4) is 0 Å². The van der Waals surface area contributed by atoms with E-state index in [0.29, 0.717) is 12.8 Å². The quantitative estimate of drug-likeness (QED) is 0.669. The molecule has 8 heteroatoms. The fourth-order valence-electron chi connectivity index (χ4n) is 1.67. The summed E-state index contributed by atoms with van der Waals surface area (Å²) < 4.78 is 0. The average molecular weight is 288 g/mol. The summed E-state index contributed by atoms with van der Waals surface area (Å²) in [6, 6.07) is 0. The SMILES string of the molecule is C[SH]1C=NN=C1CC(CC1=NN=C[SH]1C)C(=O)O. The van der Waals surface area contributed by atoms with Crippen LogP contribution < -0.4 is 0 Å². The van der Waals surface area contributed by atoms with Crippen LogP contribution in [0.2, 0.25) is 0 Å². The van der Waals surface area contributed by atoms with Crippen LogP contribution in [0.15, 0.2) is 20.4 Å². The minimum absolute atomic E-state index is 0.458. The van der Waals surface area contributed by atoms with E-state index in [1.165, 1.54) is 0 Å². The number of carbonyl (C=O) groups is 1. The molecule has 0 aromatic carbocycles. The Morgan fingerprint density at radius 2 is 1.61 bits per heavy atom. The Hall–Kier alpha value is -1.15. The van der Waals surface area contributed by atoms with Gasteiger partial charge in [-0.3, -0.25) is 4.79 Å². The molecule has 0 fully saturated rings. The standard InChI is InChI=1S/C10H16N4O2S2/c1-17-5-11-13-8(17)3-7(10(15)16)4-9-14-12-6-18(9)2/h5-7,17-18H,3-4H2,1-2H3,(H,15,16). The minimum Gasteiger partial charge on any atom is -0.481 e. The maximum atomic E-state index is 11.3. The van der Waals surface area contributed by atoms with E-state index in [2.05, 4.69) is 20.4 Å². The normalized spacial score (nSPS) is 31.2. The molecule has 2 atom stereocenters. The lowest BCUT2D eigenvalue weighted by Gasteiger charge is -2.16. The van der Waals surface area contributed by atoms with Gasteiger partial charge in [0.25, 0.3) is 0 Å². The van der Waals surface area contributed by atoms with Crippen molar-refractivity contribution in [2.75, 3.05) is 12.5 Å². The van der Waals surface area contributed by atoms with Gasteiger partial charge in [0, 0.05) is 12.8 Å². The van der Waals surface area contributed by atoms with E-state index < -0.39 is 33.7 Å². The zero-order chi connectivity index (χ0) is 13.1. The first-order chi connectivity index (χ1) is 8.58. The van der Waals surface area contributed by atoms with Gasteiger partial charge in [-0.1, -0.05) is 0 Å². The fourth-order valence-corrected chi connectivity index (χ4v) is 3.75. The van der Waals surface area contributed by atoms with Crippen molar-refractivity contribution in [2.24, 2.45) is 26.3 Å². The van der Waals surface area contributed by atoms with Crippen LogP contribution in [-0.4, -0.2) is 44.8 Å². The van der Waals surface area contributed by atoms with Crippen molar-refractivity contribution in [3.05, 3.63) is 0 Å². The lowest BCUT2D eigenvalue weighted by molar-refractivity contribution is -0.141. The molecule has 1 N–H and O–H groups in total. The number of aliphatic carboxylic acids is 1. The van der Waals surface area contributed by atoms with Gasteiger partial charge in [0.15, 0.2) is 0 Å². The van der Waals surface area contributed by atoms with E-state index in [4.69, 9.17) is 0 Å². The van der Waals surface area contributed by atoms with Crippen LogP contribution >= 0.6 is 21.8 Å². The molecule has 0 aliphatic carbocycles. The number of hydrogen-bond donors (Lipinski definition) is 3. The number of thiol groups is 2. The van der Waals surface area contributed by atoms with Gasteiger partial charge in [-0.15, -0.1) is 10.2 Å². The van der Waals surface area contributed by atoms with E-state index in [1.54, 1.807) is 11.1 Å². The molecule has 0 aromatic heterocycles. The van der Waals surface area contributed by atoms with Crippen LogP contribution in [0.4, 0.5) is 0 Å². The zero-order valence-corrected chi connectivity index (χ0v) is 12.0. The Kier molecular flexibility index (Phi) is 4.18. The number of hydrogen-bond acceptors (Lipinski definition) is 5. The highest BCUT2D eigenvalue weighted by molar-refractivity contribution is 8.40. The first-order valence-electron chi connectivity index (χ1n) is 5.46. The molecule has 0 radical (unpaired) electrons. The molecule has 0 saturated heterocycles. The summed E-state index contributed by atoms with van der Waals surface area (Å²) in [5.74, 6) is -1.27. The first-order valence-corrected chi connectivity index (χ1v) is 9.18. The van der Waals surface area contributed by atoms with E-state index in [0.717, 1.165) is 10.1 Å². The topological polar surface area (TPSA) is 86.7 Å². The highest BCUT2D eigenvalue weighted by Crippen LogP contribution is 2.33. The van der Waals surface area contributed by atoms with Crippen LogP contribution in [0.25, 0.3) is 0 Å². The molecule has 0 aromatic rings. The molecule has 6 nitrogen and oxygen atoms in total. The lowest BCUT2D eigenvalue weighted by atomic mass is 10.0. The third-order valence-electron chi connectivity index (χ3n) is 2.82. The fraction of sp³-hybridized carbons (Fsp3) is 0.500. The number of carboxylic acids is 1. The van der Waals surface area contributed by atoms with Gasteiger partial charge in [-0.25, -0.2) is 0 Å². The van der Waals surface area contributed by atoms with E-state index in [-0.39, 0.29) is 0 Å². The molecule has 2 aliphatic heterocycles. The molecule has 0 spiro atoms. The van der Waals surface area contributed by atoms with Gasteiger partial charge in [-0.2, -0.15) is 32.0 Å². The van der Waals surface area contributed by atoms with Crippen LogP contribution in [-0.2, 0) is 4.79 Å². The molecular weight excluding hydrogens is 272 g/mol. The predicted octanol–water partition coefficient (Wildman–Crippen LogP) is 1.44. The zero-order valence-electron chi connectivity index (χ0n) is 10.2. The monoisotopic (exact) mass is 288 g/mol. The Morgan fingerprint density at radius 1 is 1.17 bits per heavy atom. The molecule has 2 heterocycles. The van der Waals surface area contributed by atoms with Crippen molar-refractivity contribution in [1.82, 2.24) is 0 Å². The van der Waals surface area contributed by atoms with Crippen molar-refractivity contribution in [3.8, 4) is 0 Å². The lowest BCUT2D eigenvalue weighted by Crippen LogP contribution is -2.20. The molecular formula is C10H16N4O2S2. The molecule has 2 aliphatic rings. The van der Waals surface area contributed by atoms with Gasteiger partial charge >= 0.3 is 5.97 Å². The number of rotatable bonds is 5. The van der Waals surface area contributed by atoms with Gasteiger partial charge in [0.1, 0.15) is 0 Å². The summed E-state index contributed by atoms with van der Waals surface area (Å²) in [4.78, 5) is 11.3. The summed E-state index contributed by atoms with van der Waals surface area (Å²) in [6.45, 7) is 0. The average Bonchev–Trinajstić information content (AvgIpc) is 2.88. The maximum absolute atomic E-state index is 11.3. The first kappa shape index (κ1) is 13.3. The minimum atomic E-state index is -0.800. The second kappa shape index (κ2) is 5.66. The molecule has 100 valence electrons. The second-order valence-corrected chi connectivity index (χ2v) is 8.10.